The van der Waals surface area contributed by atoms with Crippen LogP contribution in [-0.4, -0.2) is 49.3 Å². The fourth-order valence-corrected chi connectivity index (χ4v) is 9.17. The number of nitrogens with two attached hydrogens (primary N) is 1. The molecule has 0 aliphatic heterocycles. The molecule has 376 valence electrons. The Bertz CT molecular complexity index is 1000. The van der Waals surface area contributed by atoms with Crippen molar-refractivity contribution in [2.75, 3.05) is 26.4 Å². The fraction of sp³-hybridized carbons (Fsp3) is 0.962. The first-order valence-corrected chi connectivity index (χ1v) is 29.0. The number of phosphoric acid groups is 1. The second-order valence-corrected chi connectivity index (χ2v) is 20.3. The van der Waals surface area contributed by atoms with E-state index in [4.69, 9.17) is 24.3 Å². The first-order valence-electron chi connectivity index (χ1n) is 27.5. The maximum Gasteiger partial charge on any atom is 0.472 e. The number of phosphoric ester groups is 1. The smallest absolute Gasteiger partial charge is 0.462 e. The Morgan fingerprint density at radius 1 is 0.413 bits per heavy atom. The van der Waals surface area contributed by atoms with Gasteiger partial charge >= 0.3 is 19.8 Å². The van der Waals surface area contributed by atoms with Crippen LogP contribution in [0.3, 0.4) is 0 Å². The molecule has 0 aliphatic rings. The zero-order chi connectivity index (χ0) is 46.0. The van der Waals surface area contributed by atoms with E-state index >= 15 is 0 Å². The van der Waals surface area contributed by atoms with E-state index in [1.54, 1.807) is 0 Å². The van der Waals surface area contributed by atoms with Crippen LogP contribution < -0.4 is 5.73 Å². The average molecular weight is 916 g/mol. The normalized spacial score (nSPS) is 13.0. The van der Waals surface area contributed by atoms with Crippen molar-refractivity contribution in [3.63, 3.8) is 0 Å². The maximum atomic E-state index is 12.7. The lowest BCUT2D eigenvalue weighted by atomic mass is 10.0. The summed E-state index contributed by atoms with van der Waals surface area (Å²) >= 11 is 0. The predicted octanol–water partition coefficient (Wildman–Crippen LogP) is 16.7. The predicted molar refractivity (Wildman–Crippen MR) is 266 cm³/mol. The summed E-state index contributed by atoms with van der Waals surface area (Å²) in [6.45, 7) is 3.82. The first-order chi connectivity index (χ1) is 30.8. The second-order valence-electron chi connectivity index (χ2n) is 18.8. The monoisotopic (exact) mass is 916 g/mol. The van der Waals surface area contributed by atoms with Crippen molar-refractivity contribution in [1.29, 1.82) is 0 Å². The Balaban J connectivity index is 3.94. The molecule has 63 heavy (non-hydrogen) atoms. The molecule has 2 unspecified atom stereocenters. The number of carbonyl (C=O) groups excluding carboxylic acids is 2. The van der Waals surface area contributed by atoms with Gasteiger partial charge in [-0.2, -0.15) is 0 Å². The molecule has 0 aromatic heterocycles. The highest BCUT2D eigenvalue weighted by atomic mass is 31.2. The highest BCUT2D eigenvalue weighted by Crippen LogP contribution is 2.43. The van der Waals surface area contributed by atoms with Crippen LogP contribution >= 0.6 is 7.82 Å². The van der Waals surface area contributed by atoms with Crippen LogP contribution in [0.25, 0.3) is 0 Å². The summed E-state index contributed by atoms with van der Waals surface area (Å²) in [5.74, 6) is -0.804. The third-order valence-corrected chi connectivity index (χ3v) is 13.5. The number of esters is 2. The third kappa shape index (κ3) is 50.3. The van der Waals surface area contributed by atoms with Crippen molar-refractivity contribution in [2.45, 2.75) is 302 Å². The summed E-state index contributed by atoms with van der Waals surface area (Å²) in [7, 11) is -4.38. The summed E-state index contributed by atoms with van der Waals surface area (Å²) < 4.78 is 33.0. The standard InChI is InChI=1S/C53H106NO8P/c1-3-5-7-9-11-13-15-17-19-21-23-24-25-26-28-30-32-34-36-38-40-42-44-46-53(56)62-51(50-61-63(57,58)60-48-47-54)49-59-52(55)45-43-41-39-37-35-33-31-29-27-22-20-18-16-14-12-10-8-6-4-2/h51H,3-50,54H2,1-2H3,(H,57,58). The van der Waals surface area contributed by atoms with Crippen LogP contribution in [0.2, 0.25) is 0 Å². The van der Waals surface area contributed by atoms with Crippen molar-refractivity contribution < 1.29 is 37.6 Å². The highest BCUT2D eigenvalue weighted by Gasteiger charge is 2.26. The molecule has 0 amide bonds. The van der Waals surface area contributed by atoms with E-state index in [9.17, 15) is 19.0 Å². The van der Waals surface area contributed by atoms with Gasteiger partial charge < -0.3 is 20.1 Å². The zero-order valence-electron chi connectivity index (χ0n) is 41.8. The van der Waals surface area contributed by atoms with Gasteiger partial charge in [0.2, 0.25) is 0 Å². The Morgan fingerprint density at radius 2 is 0.683 bits per heavy atom. The van der Waals surface area contributed by atoms with E-state index in [0.29, 0.717) is 6.42 Å². The number of unbranched alkanes of at least 4 members (excludes halogenated alkanes) is 40. The van der Waals surface area contributed by atoms with Crippen molar-refractivity contribution in [1.82, 2.24) is 0 Å². The van der Waals surface area contributed by atoms with Crippen LogP contribution in [0.5, 0.6) is 0 Å². The van der Waals surface area contributed by atoms with E-state index in [2.05, 4.69) is 13.8 Å². The molecule has 3 N–H and O–H groups in total. The summed E-state index contributed by atoms with van der Waals surface area (Å²) in [5.41, 5.74) is 5.38. The van der Waals surface area contributed by atoms with Crippen LogP contribution in [0.1, 0.15) is 296 Å². The van der Waals surface area contributed by atoms with Gasteiger partial charge in [-0.25, -0.2) is 4.57 Å². The van der Waals surface area contributed by atoms with Gasteiger partial charge in [-0.1, -0.05) is 271 Å². The lowest BCUT2D eigenvalue weighted by molar-refractivity contribution is -0.161. The molecule has 0 bridgehead atoms. The van der Waals surface area contributed by atoms with Crippen LogP contribution in [0, 0.1) is 0 Å². The topological polar surface area (TPSA) is 134 Å². The molecular formula is C53H106NO8P. The van der Waals surface area contributed by atoms with Crippen molar-refractivity contribution in [2.24, 2.45) is 5.73 Å². The van der Waals surface area contributed by atoms with Crippen LogP contribution in [0.4, 0.5) is 0 Å². The minimum absolute atomic E-state index is 0.0585. The summed E-state index contributed by atoms with van der Waals surface area (Å²) in [5, 5.41) is 0. The molecule has 0 rings (SSSR count). The van der Waals surface area contributed by atoms with Gasteiger partial charge in [0.25, 0.3) is 0 Å². The van der Waals surface area contributed by atoms with E-state index < -0.39 is 26.5 Å². The SMILES string of the molecule is CCCCCCCCCCCCCCCCCCCCCCCCCC(=O)OC(COC(=O)CCCCCCCCCCCCCCCCCCCCC)COP(=O)(O)OCCN. The number of ether oxygens (including phenoxy) is 2. The highest BCUT2D eigenvalue weighted by molar-refractivity contribution is 7.47. The second kappa shape index (κ2) is 50.4. The molecule has 0 saturated carbocycles. The van der Waals surface area contributed by atoms with Gasteiger partial charge in [-0.15, -0.1) is 0 Å². The summed E-state index contributed by atoms with van der Waals surface area (Å²) in [6, 6.07) is 0. The van der Waals surface area contributed by atoms with E-state index in [1.807, 2.05) is 0 Å². The Labute approximate surface area is 390 Å². The fourth-order valence-electron chi connectivity index (χ4n) is 8.40. The number of hydrogen-bond donors (Lipinski definition) is 2. The molecule has 0 aliphatic carbocycles. The molecular weight excluding hydrogens is 810 g/mol. The Morgan fingerprint density at radius 3 is 0.968 bits per heavy atom. The number of carbonyl (C=O) groups is 2. The van der Waals surface area contributed by atoms with Crippen molar-refractivity contribution in [3.05, 3.63) is 0 Å². The van der Waals surface area contributed by atoms with E-state index in [-0.39, 0.29) is 38.6 Å². The molecule has 0 fully saturated rings. The quantitative estimate of drug-likeness (QED) is 0.0347. The Kier molecular flexibility index (Phi) is 49.6. The average Bonchev–Trinajstić information content (AvgIpc) is 3.27. The first kappa shape index (κ1) is 62.0. The molecule has 0 heterocycles. The lowest BCUT2D eigenvalue weighted by Gasteiger charge is -2.19. The van der Waals surface area contributed by atoms with Gasteiger partial charge in [0.05, 0.1) is 13.2 Å². The summed E-state index contributed by atoms with van der Waals surface area (Å²) in [6.07, 6.45) is 54.4. The third-order valence-electron chi connectivity index (χ3n) is 12.5. The molecule has 10 heteroatoms. The Hall–Kier alpha value is -0.990. The van der Waals surface area contributed by atoms with Crippen molar-refractivity contribution in [3.8, 4) is 0 Å². The molecule has 2 atom stereocenters. The molecule has 0 spiro atoms. The van der Waals surface area contributed by atoms with Gasteiger partial charge in [0, 0.05) is 19.4 Å². The largest absolute Gasteiger partial charge is 0.472 e. The molecule has 0 aromatic rings. The van der Waals surface area contributed by atoms with Gasteiger partial charge in [0.15, 0.2) is 6.10 Å². The number of hydrogen-bond acceptors (Lipinski definition) is 8. The zero-order valence-corrected chi connectivity index (χ0v) is 42.7. The minimum atomic E-state index is -4.38. The van der Waals surface area contributed by atoms with Gasteiger partial charge in [-0.3, -0.25) is 18.6 Å². The van der Waals surface area contributed by atoms with Gasteiger partial charge in [-0.05, 0) is 12.8 Å². The lowest BCUT2D eigenvalue weighted by Crippen LogP contribution is -2.29. The molecule has 0 radical (unpaired) electrons. The van der Waals surface area contributed by atoms with Gasteiger partial charge in [0.1, 0.15) is 6.61 Å². The molecule has 0 saturated heterocycles. The van der Waals surface area contributed by atoms with Crippen LogP contribution in [-0.2, 0) is 32.7 Å². The van der Waals surface area contributed by atoms with E-state index in [0.717, 1.165) is 32.1 Å². The summed E-state index contributed by atoms with van der Waals surface area (Å²) in [4.78, 5) is 35.1. The maximum absolute atomic E-state index is 12.7. The van der Waals surface area contributed by atoms with Crippen molar-refractivity contribution >= 4 is 19.8 Å². The number of rotatable bonds is 53. The molecule has 0 aromatic carbocycles. The minimum Gasteiger partial charge on any atom is -0.462 e. The van der Waals surface area contributed by atoms with Crippen LogP contribution in [0.15, 0.2) is 0 Å². The molecule has 9 nitrogen and oxygen atoms in total. The van der Waals surface area contributed by atoms with E-state index in [1.165, 1.54) is 231 Å².